The lowest BCUT2D eigenvalue weighted by molar-refractivity contribution is -0.384. The molecule has 0 radical (unpaired) electrons. The van der Waals surface area contributed by atoms with Gasteiger partial charge in [-0.05, 0) is 12.1 Å². The summed E-state index contributed by atoms with van der Waals surface area (Å²) in [5.74, 6) is 0.522. The van der Waals surface area contributed by atoms with E-state index in [1.807, 2.05) is 0 Å². The molecule has 1 aromatic carbocycles. The van der Waals surface area contributed by atoms with Crippen molar-refractivity contribution in [1.82, 2.24) is 4.98 Å². The first-order valence-corrected chi connectivity index (χ1v) is 5.11. The third kappa shape index (κ3) is 3.53. The zero-order valence-electron chi connectivity index (χ0n) is 9.52. The van der Waals surface area contributed by atoms with Gasteiger partial charge in [0, 0.05) is 12.1 Å². The Morgan fingerprint density at radius 1 is 1.37 bits per heavy atom. The first kappa shape index (κ1) is 12.6. The minimum Gasteiger partial charge on any atom is -0.445 e. The molecule has 0 N–H and O–H groups in total. The molecule has 0 aliphatic rings. The van der Waals surface area contributed by atoms with E-state index in [1.54, 1.807) is 0 Å². The maximum atomic E-state index is 11.3. The van der Waals surface area contributed by atoms with Crippen molar-refractivity contribution < 1.29 is 23.6 Å². The van der Waals surface area contributed by atoms with Gasteiger partial charge in [-0.25, -0.2) is 9.78 Å². The number of hydrogen-bond donors (Lipinski definition) is 0. The van der Waals surface area contributed by atoms with Crippen LogP contribution in [0, 0.1) is 10.1 Å². The van der Waals surface area contributed by atoms with Crippen LogP contribution >= 0.6 is 0 Å². The Kier molecular flexibility index (Phi) is 3.72. The SMILES string of the molecule is O=C(OCc1cnco1)Oc1ccc([N+](=O)[O-])cc1. The summed E-state index contributed by atoms with van der Waals surface area (Å²) in [5.41, 5.74) is -0.0950. The van der Waals surface area contributed by atoms with Crippen LogP contribution in [0.2, 0.25) is 0 Å². The molecule has 0 bridgehead atoms. The number of aromatic nitrogens is 1. The van der Waals surface area contributed by atoms with Crippen LogP contribution in [0.3, 0.4) is 0 Å². The summed E-state index contributed by atoms with van der Waals surface area (Å²) in [6, 6.07) is 5.04. The second-order valence-electron chi connectivity index (χ2n) is 3.36. The van der Waals surface area contributed by atoms with Crippen LogP contribution in [0.15, 0.2) is 41.3 Å². The van der Waals surface area contributed by atoms with E-state index in [-0.39, 0.29) is 18.0 Å². The molecule has 8 nitrogen and oxygen atoms in total. The number of carbonyl (C=O) groups is 1. The van der Waals surface area contributed by atoms with Crippen LogP contribution in [0.5, 0.6) is 5.75 Å². The summed E-state index contributed by atoms with van der Waals surface area (Å²) in [5, 5.41) is 10.4. The predicted octanol–water partition coefficient (Wildman–Crippen LogP) is 2.30. The smallest absolute Gasteiger partial charge is 0.445 e. The lowest BCUT2D eigenvalue weighted by Crippen LogP contribution is -2.10. The van der Waals surface area contributed by atoms with Gasteiger partial charge in [0.15, 0.2) is 18.8 Å². The Morgan fingerprint density at radius 2 is 2.11 bits per heavy atom. The van der Waals surface area contributed by atoms with Gasteiger partial charge in [0.2, 0.25) is 0 Å². The van der Waals surface area contributed by atoms with Crippen molar-refractivity contribution in [2.24, 2.45) is 0 Å². The van der Waals surface area contributed by atoms with Crippen molar-refractivity contribution in [1.29, 1.82) is 0 Å². The van der Waals surface area contributed by atoms with Crippen LogP contribution in [0.4, 0.5) is 10.5 Å². The minimum atomic E-state index is -0.940. The molecule has 19 heavy (non-hydrogen) atoms. The lowest BCUT2D eigenvalue weighted by atomic mass is 10.3. The van der Waals surface area contributed by atoms with Gasteiger partial charge in [0.05, 0.1) is 11.1 Å². The van der Waals surface area contributed by atoms with Crippen LogP contribution in [-0.4, -0.2) is 16.1 Å². The summed E-state index contributed by atoms with van der Waals surface area (Å²) in [6.07, 6.45) is 1.67. The van der Waals surface area contributed by atoms with E-state index < -0.39 is 11.1 Å². The van der Waals surface area contributed by atoms with Crippen LogP contribution < -0.4 is 4.74 Å². The Hall–Kier alpha value is -2.90. The fraction of sp³-hybridized carbons (Fsp3) is 0.0909. The van der Waals surface area contributed by atoms with Crippen molar-refractivity contribution in [3.8, 4) is 5.75 Å². The number of non-ortho nitro benzene ring substituents is 1. The first-order valence-electron chi connectivity index (χ1n) is 5.11. The van der Waals surface area contributed by atoms with Crippen LogP contribution in [0.1, 0.15) is 5.76 Å². The normalized spacial score (nSPS) is 9.89. The number of oxazole rings is 1. The minimum absolute atomic E-state index is 0.0950. The van der Waals surface area contributed by atoms with Crippen molar-refractivity contribution >= 4 is 11.8 Å². The molecule has 0 atom stereocenters. The second-order valence-corrected chi connectivity index (χ2v) is 3.36. The fourth-order valence-corrected chi connectivity index (χ4v) is 1.21. The molecule has 0 saturated heterocycles. The molecule has 1 aromatic heterocycles. The van der Waals surface area contributed by atoms with Crippen LogP contribution in [-0.2, 0) is 11.3 Å². The van der Waals surface area contributed by atoms with E-state index in [9.17, 15) is 14.9 Å². The molecule has 0 fully saturated rings. The molecule has 0 aliphatic heterocycles. The largest absolute Gasteiger partial charge is 0.514 e. The number of hydrogen-bond acceptors (Lipinski definition) is 7. The van der Waals surface area contributed by atoms with Gasteiger partial charge in [0.25, 0.3) is 5.69 Å². The fourth-order valence-electron chi connectivity index (χ4n) is 1.21. The molecule has 0 saturated carbocycles. The third-order valence-corrected chi connectivity index (χ3v) is 2.06. The number of ether oxygens (including phenoxy) is 2. The van der Waals surface area contributed by atoms with Crippen molar-refractivity contribution in [3.05, 3.63) is 52.7 Å². The molecule has 0 aliphatic carbocycles. The number of benzene rings is 1. The van der Waals surface area contributed by atoms with Gasteiger partial charge in [-0.15, -0.1) is 0 Å². The highest BCUT2D eigenvalue weighted by Crippen LogP contribution is 2.17. The van der Waals surface area contributed by atoms with Gasteiger partial charge in [-0.3, -0.25) is 10.1 Å². The summed E-state index contributed by atoms with van der Waals surface area (Å²) in [4.78, 5) is 24.8. The Labute approximate surface area is 106 Å². The summed E-state index contributed by atoms with van der Waals surface area (Å²) in [6.45, 7) is -0.105. The van der Waals surface area contributed by atoms with Gasteiger partial charge < -0.3 is 13.9 Å². The molecule has 2 aromatic rings. The van der Waals surface area contributed by atoms with Crippen molar-refractivity contribution in [2.45, 2.75) is 6.61 Å². The molecule has 98 valence electrons. The quantitative estimate of drug-likeness (QED) is 0.361. The highest BCUT2D eigenvalue weighted by atomic mass is 16.7. The average Bonchev–Trinajstić information content (AvgIpc) is 2.90. The second kappa shape index (κ2) is 5.63. The van der Waals surface area contributed by atoms with Gasteiger partial charge in [-0.2, -0.15) is 0 Å². The monoisotopic (exact) mass is 264 g/mol. The van der Waals surface area contributed by atoms with Gasteiger partial charge in [-0.1, -0.05) is 0 Å². The Morgan fingerprint density at radius 3 is 2.68 bits per heavy atom. The highest BCUT2D eigenvalue weighted by Gasteiger charge is 2.10. The van der Waals surface area contributed by atoms with E-state index >= 15 is 0 Å². The van der Waals surface area contributed by atoms with E-state index in [0.29, 0.717) is 5.76 Å². The van der Waals surface area contributed by atoms with E-state index in [2.05, 4.69) is 4.98 Å². The zero-order chi connectivity index (χ0) is 13.7. The van der Waals surface area contributed by atoms with Gasteiger partial charge in [0.1, 0.15) is 5.75 Å². The van der Waals surface area contributed by atoms with E-state index in [4.69, 9.17) is 13.9 Å². The molecule has 0 amide bonds. The zero-order valence-corrected chi connectivity index (χ0v) is 9.52. The number of nitrogens with zero attached hydrogens (tertiary/aromatic N) is 2. The highest BCUT2D eigenvalue weighted by molar-refractivity contribution is 5.63. The van der Waals surface area contributed by atoms with Gasteiger partial charge >= 0.3 is 6.16 Å². The topological polar surface area (TPSA) is 105 Å². The maximum absolute atomic E-state index is 11.3. The summed E-state index contributed by atoms with van der Waals surface area (Å²) < 4.78 is 14.4. The lowest BCUT2D eigenvalue weighted by Gasteiger charge is -2.03. The predicted molar refractivity (Wildman–Crippen MR) is 60.4 cm³/mol. The number of nitro benzene ring substituents is 1. The summed E-state index contributed by atoms with van der Waals surface area (Å²) in [7, 11) is 0. The molecule has 0 spiro atoms. The first-order chi connectivity index (χ1) is 9.15. The van der Waals surface area contributed by atoms with Crippen molar-refractivity contribution in [2.75, 3.05) is 0 Å². The average molecular weight is 264 g/mol. The number of rotatable bonds is 4. The Bertz CT molecular complexity index is 563. The van der Waals surface area contributed by atoms with Crippen LogP contribution in [0.25, 0.3) is 0 Å². The molecule has 8 heteroatoms. The summed E-state index contributed by atoms with van der Waals surface area (Å²) >= 11 is 0. The maximum Gasteiger partial charge on any atom is 0.514 e. The van der Waals surface area contributed by atoms with E-state index in [0.717, 1.165) is 0 Å². The molecule has 0 unspecified atom stereocenters. The van der Waals surface area contributed by atoms with Crippen molar-refractivity contribution in [3.63, 3.8) is 0 Å². The molecular formula is C11H8N2O6. The Balaban J connectivity index is 1.86. The molecule has 1 heterocycles. The third-order valence-electron chi connectivity index (χ3n) is 2.06. The number of nitro groups is 1. The standard InChI is InChI=1S/C11H8N2O6/c14-11(17-6-10-5-12-7-18-10)19-9-3-1-8(2-4-9)13(15)16/h1-5,7H,6H2. The molecule has 2 rings (SSSR count). The molecular weight excluding hydrogens is 256 g/mol. The number of carbonyl (C=O) groups excluding carboxylic acids is 1. The van der Waals surface area contributed by atoms with E-state index in [1.165, 1.54) is 36.9 Å².